The molecule has 0 aliphatic rings. The predicted molar refractivity (Wildman–Crippen MR) is 68.9 cm³/mol. The molecule has 0 bridgehead atoms. The number of pyridine rings is 1. The molecule has 82 valence electrons. The zero-order valence-corrected chi connectivity index (χ0v) is 10.5. The Kier molecular flexibility index (Phi) is 3.53. The maximum Gasteiger partial charge on any atom is 0.325 e. The molecule has 0 atom stereocenters. The summed E-state index contributed by atoms with van der Waals surface area (Å²) in [5.41, 5.74) is 0. The number of halogens is 1. The predicted octanol–water partition coefficient (Wildman–Crippen LogP) is 3.55. The number of nitrogens with zero attached hydrogens (tertiary/aromatic N) is 1. The zero-order chi connectivity index (χ0) is 11.4. The van der Waals surface area contributed by atoms with Crippen molar-refractivity contribution in [2.45, 2.75) is 0 Å². The number of carbonyl (C=O) groups excluding carboxylic acids is 1. The van der Waals surface area contributed by atoms with Crippen molar-refractivity contribution in [1.82, 2.24) is 4.98 Å². The Morgan fingerprint density at radius 2 is 2.19 bits per heavy atom. The van der Waals surface area contributed by atoms with Gasteiger partial charge in [0.25, 0.3) is 0 Å². The van der Waals surface area contributed by atoms with E-state index in [0.29, 0.717) is 5.82 Å². The second-order valence-corrected chi connectivity index (χ2v) is 4.78. The molecule has 2 rings (SSSR count). The summed E-state index contributed by atoms with van der Waals surface area (Å²) < 4.78 is 0.872. The second-order valence-electron chi connectivity index (χ2n) is 2.92. The minimum atomic E-state index is -0.294. The van der Waals surface area contributed by atoms with Crippen LogP contribution in [-0.2, 0) is 0 Å². The fraction of sp³-hybridized carbons (Fsp3) is 0. The number of amides is 2. The summed E-state index contributed by atoms with van der Waals surface area (Å²) in [6.07, 6.45) is 1.63. The summed E-state index contributed by atoms with van der Waals surface area (Å²) in [7, 11) is 0. The smallest absolute Gasteiger partial charge is 0.299 e. The second kappa shape index (κ2) is 5.09. The molecule has 2 N–H and O–H groups in total. The number of carbonyl (C=O) groups is 1. The lowest BCUT2D eigenvalue weighted by atomic mass is 10.5. The molecular formula is C10H8BrN3OS. The van der Waals surface area contributed by atoms with E-state index in [1.54, 1.807) is 12.3 Å². The summed E-state index contributed by atoms with van der Waals surface area (Å²) in [5, 5.41) is 8.03. The molecule has 16 heavy (non-hydrogen) atoms. The molecule has 0 spiro atoms. The van der Waals surface area contributed by atoms with Gasteiger partial charge in [0.05, 0.1) is 5.00 Å². The van der Waals surface area contributed by atoms with Gasteiger partial charge in [-0.25, -0.2) is 9.78 Å². The molecule has 2 heterocycles. The number of rotatable bonds is 2. The first-order valence-electron chi connectivity index (χ1n) is 4.47. The topological polar surface area (TPSA) is 54.0 Å². The molecule has 2 aromatic rings. The van der Waals surface area contributed by atoms with Gasteiger partial charge in [-0.2, -0.15) is 0 Å². The number of hydrogen-bond donors (Lipinski definition) is 2. The van der Waals surface area contributed by atoms with Gasteiger partial charge in [0.2, 0.25) is 0 Å². The molecule has 0 saturated heterocycles. The fourth-order valence-electron chi connectivity index (χ4n) is 1.06. The highest BCUT2D eigenvalue weighted by Gasteiger charge is 2.03. The Morgan fingerprint density at radius 1 is 1.31 bits per heavy atom. The van der Waals surface area contributed by atoms with Crippen LogP contribution in [0.3, 0.4) is 0 Å². The highest BCUT2D eigenvalue weighted by Crippen LogP contribution is 2.15. The van der Waals surface area contributed by atoms with Crippen molar-refractivity contribution in [2.75, 3.05) is 10.6 Å². The highest BCUT2D eigenvalue weighted by molar-refractivity contribution is 9.10. The molecule has 0 aliphatic heterocycles. The molecule has 0 saturated carbocycles. The van der Waals surface area contributed by atoms with Crippen LogP contribution in [0.25, 0.3) is 0 Å². The third kappa shape index (κ3) is 3.04. The van der Waals surface area contributed by atoms with Crippen molar-refractivity contribution in [3.63, 3.8) is 0 Å². The van der Waals surface area contributed by atoms with E-state index >= 15 is 0 Å². The fourth-order valence-corrected chi connectivity index (χ4v) is 1.91. The monoisotopic (exact) mass is 297 g/mol. The van der Waals surface area contributed by atoms with Crippen LogP contribution in [0, 0.1) is 0 Å². The van der Waals surface area contributed by atoms with Crippen molar-refractivity contribution in [2.24, 2.45) is 0 Å². The van der Waals surface area contributed by atoms with Gasteiger partial charge in [-0.1, -0.05) is 0 Å². The zero-order valence-electron chi connectivity index (χ0n) is 8.11. The van der Waals surface area contributed by atoms with E-state index in [0.717, 1.165) is 9.47 Å². The number of hydrogen-bond acceptors (Lipinski definition) is 3. The Balaban J connectivity index is 1.95. The standard InChI is InChI=1S/C10H8BrN3OS/c11-7-3-4-8(12-6-7)13-10(15)14-9-2-1-5-16-9/h1-6H,(H2,12,13,14,15). The molecule has 4 nitrogen and oxygen atoms in total. The Bertz CT molecular complexity index is 469. The van der Waals surface area contributed by atoms with Crippen LogP contribution in [0.2, 0.25) is 0 Å². The largest absolute Gasteiger partial charge is 0.325 e. The molecule has 0 fully saturated rings. The van der Waals surface area contributed by atoms with E-state index in [1.165, 1.54) is 11.3 Å². The van der Waals surface area contributed by atoms with Gasteiger partial charge in [0, 0.05) is 10.7 Å². The van der Waals surface area contributed by atoms with Crippen LogP contribution in [0.4, 0.5) is 15.6 Å². The molecule has 0 aliphatic carbocycles. The van der Waals surface area contributed by atoms with Crippen molar-refractivity contribution in [3.8, 4) is 0 Å². The van der Waals surface area contributed by atoms with Gasteiger partial charge in [-0.05, 0) is 45.6 Å². The molecule has 2 amide bonds. The molecular weight excluding hydrogens is 290 g/mol. The van der Waals surface area contributed by atoms with Crippen molar-refractivity contribution in [3.05, 3.63) is 40.3 Å². The van der Waals surface area contributed by atoms with Gasteiger partial charge in [-0.15, -0.1) is 11.3 Å². The lowest BCUT2D eigenvalue weighted by Gasteiger charge is -2.04. The van der Waals surface area contributed by atoms with Crippen LogP contribution in [-0.4, -0.2) is 11.0 Å². The van der Waals surface area contributed by atoms with E-state index in [-0.39, 0.29) is 6.03 Å². The van der Waals surface area contributed by atoms with E-state index in [9.17, 15) is 4.79 Å². The molecule has 0 radical (unpaired) electrons. The quantitative estimate of drug-likeness (QED) is 0.891. The van der Waals surface area contributed by atoms with Gasteiger partial charge in [0.15, 0.2) is 0 Å². The maximum absolute atomic E-state index is 11.5. The summed E-state index contributed by atoms with van der Waals surface area (Å²) in [5.74, 6) is 0.511. The Hall–Kier alpha value is -1.40. The number of aromatic nitrogens is 1. The molecule has 2 aromatic heterocycles. The Morgan fingerprint density at radius 3 is 2.81 bits per heavy atom. The third-order valence-electron chi connectivity index (χ3n) is 1.73. The first-order valence-corrected chi connectivity index (χ1v) is 6.14. The molecule has 0 unspecified atom stereocenters. The van der Waals surface area contributed by atoms with Crippen molar-refractivity contribution >= 4 is 44.1 Å². The minimum absolute atomic E-state index is 0.294. The summed E-state index contributed by atoms with van der Waals surface area (Å²) in [6.45, 7) is 0. The average molecular weight is 298 g/mol. The van der Waals surface area contributed by atoms with Crippen LogP contribution in [0.15, 0.2) is 40.3 Å². The normalized spacial score (nSPS) is 9.81. The van der Waals surface area contributed by atoms with E-state index in [2.05, 4.69) is 31.5 Å². The summed E-state index contributed by atoms with van der Waals surface area (Å²) in [6, 6.07) is 6.95. The van der Waals surface area contributed by atoms with Crippen LogP contribution in [0.5, 0.6) is 0 Å². The highest BCUT2D eigenvalue weighted by atomic mass is 79.9. The average Bonchev–Trinajstić information content (AvgIpc) is 2.74. The van der Waals surface area contributed by atoms with Crippen molar-refractivity contribution < 1.29 is 4.79 Å². The van der Waals surface area contributed by atoms with Crippen LogP contribution >= 0.6 is 27.3 Å². The minimum Gasteiger partial charge on any atom is -0.299 e. The van der Waals surface area contributed by atoms with E-state index in [1.807, 2.05) is 23.6 Å². The summed E-state index contributed by atoms with van der Waals surface area (Å²) >= 11 is 4.74. The first-order chi connectivity index (χ1) is 7.74. The van der Waals surface area contributed by atoms with E-state index < -0.39 is 0 Å². The molecule has 0 aromatic carbocycles. The number of anilines is 2. The number of nitrogens with one attached hydrogen (secondary N) is 2. The number of thiophene rings is 1. The van der Waals surface area contributed by atoms with Gasteiger partial charge in [-0.3, -0.25) is 10.6 Å². The van der Waals surface area contributed by atoms with Gasteiger partial charge in [0.1, 0.15) is 5.82 Å². The van der Waals surface area contributed by atoms with Gasteiger partial charge < -0.3 is 0 Å². The lowest BCUT2D eigenvalue weighted by Crippen LogP contribution is -2.19. The number of urea groups is 1. The maximum atomic E-state index is 11.5. The van der Waals surface area contributed by atoms with Gasteiger partial charge >= 0.3 is 6.03 Å². The van der Waals surface area contributed by atoms with Crippen LogP contribution < -0.4 is 10.6 Å². The van der Waals surface area contributed by atoms with Crippen LogP contribution in [0.1, 0.15) is 0 Å². The summed E-state index contributed by atoms with van der Waals surface area (Å²) in [4.78, 5) is 15.5. The molecule has 6 heteroatoms. The van der Waals surface area contributed by atoms with Crippen molar-refractivity contribution in [1.29, 1.82) is 0 Å². The third-order valence-corrected chi connectivity index (χ3v) is 2.98. The lowest BCUT2D eigenvalue weighted by molar-refractivity contribution is 0.262. The SMILES string of the molecule is O=C(Nc1ccc(Br)cn1)Nc1cccs1. The van der Waals surface area contributed by atoms with E-state index in [4.69, 9.17) is 0 Å². The first kappa shape index (κ1) is 11.1. The Labute approximate surface area is 105 Å².